The van der Waals surface area contributed by atoms with Crippen molar-refractivity contribution in [2.45, 2.75) is 16.2 Å². The number of benzene rings is 1. The lowest BCUT2D eigenvalue weighted by molar-refractivity contribution is 0.370. The van der Waals surface area contributed by atoms with Crippen molar-refractivity contribution in [2.75, 3.05) is 19.5 Å². The van der Waals surface area contributed by atoms with Gasteiger partial charge in [-0.1, -0.05) is 0 Å². The molecule has 21 heavy (non-hydrogen) atoms. The minimum absolute atomic E-state index is 0.326. The SMILES string of the molecule is CCN1C=NN(Sc2nc3ccc(S(C)(=O)=O)cc3s2)C1. The number of sulfone groups is 1. The van der Waals surface area contributed by atoms with Crippen LogP contribution in [-0.4, -0.2) is 48.5 Å². The Hall–Kier alpha value is -1.32. The zero-order valence-electron chi connectivity index (χ0n) is 11.6. The molecule has 1 aliphatic rings. The van der Waals surface area contributed by atoms with Gasteiger partial charge in [0.15, 0.2) is 14.2 Å². The van der Waals surface area contributed by atoms with Crippen LogP contribution in [0.4, 0.5) is 0 Å². The summed E-state index contributed by atoms with van der Waals surface area (Å²) >= 11 is 2.94. The van der Waals surface area contributed by atoms with Crippen LogP contribution < -0.4 is 0 Å². The van der Waals surface area contributed by atoms with Gasteiger partial charge < -0.3 is 4.90 Å². The summed E-state index contributed by atoms with van der Waals surface area (Å²) in [5, 5.41) is 4.28. The maximum absolute atomic E-state index is 11.6. The van der Waals surface area contributed by atoms with Crippen molar-refractivity contribution in [1.82, 2.24) is 14.3 Å². The molecular formula is C12H14N4O2S3. The van der Waals surface area contributed by atoms with E-state index in [0.29, 0.717) is 4.90 Å². The molecule has 0 saturated heterocycles. The second-order valence-electron chi connectivity index (χ2n) is 4.60. The lowest BCUT2D eigenvalue weighted by atomic mass is 10.3. The highest BCUT2D eigenvalue weighted by atomic mass is 32.2. The second-order valence-corrected chi connectivity index (χ2v) is 8.90. The highest BCUT2D eigenvalue weighted by Crippen LogP contribution is 2.33. The molecule has 9 heteroatoms. The van der Waals surface area contributed by atoms with Crippen LogP contribution in [0.5, 0.6) is 0 Å². The summed E-state index contributed by atoms with van der Waals surface area (Å²) < 4.78 is 26.7. The van der Waals surface area contributed by atoms with Crippen LogP contribution in [0.2, 0.25) is 0 Å². The lowest BCUT2D eigenvalue weighted by Crippen LogP contribution is -2.22. The number of hydrogen-bond donors (Lipinski definition) is 0. The Labute approximate surface area is 131 Å². The number of nitrogens with zero attached hydrogens (tertiary/aromatic N) is 4. The third kappa shape index (κ3) is 3.14. The van der Waals surface area contributed by atoms with Crippen molar-refractivity contribution >= 4 is 49.7 Å². The Morgan fingerprint density at radius 1 is 1.43 bits per heavy atom. The van der Waals surface area contributed by atoms with Gasteiger partial charge in [-0.25, -0.2) is 17.8 Å². The summed E-state index contributed by atoms with van der Waals surface area (Å²) in [4.78, 5) is 6.91. The van der Waals surface area contributed by atoms with Gasteiger partial charge in [0, 0.05) is 24.7 Å². The van der Waals surface area contributed by atoms with E-state index in [1.807, 2.05) is 10.8 Å². The maximum atomic E-state index is 11.6. The Balaban J connectivity index is 1.83. The Morgan fingerprint density at radius 3 is 2.90 bits per heavy atom. The fourth-order valence-corrected chi connectivity index (χ4v) is 4.59. The topological polar surface area (TPSA) is 65.9 Å². The highest BCUT2D eigenvalue weighted by Gasteiger charge is 2.16. The van der Waals surface area contributed by atoms with Gasteiger partial charge in [-0.15, -0.1) is 11.3 Å². The zero-order valence-corrected chi connectivity index (χ0v) is 14.0. The molecule has 0 aliphatic carbocycles. The van der Waals surface area contributed by atoms with Gasteiger partial charge >= 0.3 is 0 Å². The smallest absolute Gasteiger partial charge is 0.175 e. The summed E-state index contributed by atoms with van der Waals surface area (Å²) in [5.41, 5.74) is 0.811. The first-order valence-corrected chi connectivity index (χ1v) is 9.78. The van der Waals surface area contributed by atoms with Crippen LogP contribution in [0.25, 0.3) is 10.2 Å². The molecule has 2 heterocycles. The van der Waals surface area contributed by atoms with Gasteiger partial charge in [-0.2, -0.15) is 5.10 Å². The van der Waals surface area contributed by atoms with E-state index in [9.17, 15) is 8.42 Å². The molecule has 0 fully saturated rings. The van der Waals surface area contributed by atoms with Gasteiger partial charge in [-0.05, 0) is 25.1 Å². The molecule has 0 saturated carbocycles. The van der Waals surface area contributed by atoms with Gasteiger partial charge in [0.25, 0.3) is 0 Å². The summed E-state index contributed by atoms with van der Waals surface area (Å²) in [5.74, 6) is 0. The predicted octanol–water partition coefficient (Wildman–Crippen LogP) is 2.25. The van der Waals surface area contributed by atoms with E-state index in [-0.39, 0.29) is 0 Å². The first-order chi connectivity index (χ1) is 9.95. The molecule has 0 radical (unpaired) electrons. The number of thiazole rings is 1. The van der Waals surface area contributed by atoms with Crippen LogP contribution >= 0.6 is 23.3 Å². The van der Waals surface area contributed by atoms with Gasteiger partial charge in [0.05, 0.1) is 15.1 Å². The average molecular weight is 342 g/mol. The molecule has 6 nitrogen and oxygen atoms in total. The van der Waals surface area contributed by atoms with Gasteiger partial charge in [-0.3, -0.25) is 0 Å². The van der Waals surface area contributed by atoms with E-state index in [1.54, 1.807) is 18.2 Å². The minimum atomic E-state index is -3.19. The van der Waals surface area contributed by atoms with Gasteiger partial charge in [0.1, 0.15) is 13.0 Å². The molecular weight excluding hydrogens is 328 g/mol. The van der Waals surface area contributed by atoms with Crippen molar-refractivity contribution in [2.24, 2.45) is 5.10 Å². The standard InChI is InChI=1S/C12H14N4O2S3/c1-3-15-7-13-16(8-15)20-12-14-10-5-4-9(21(2,17)18)6-11(10)19-12/h4-7H,3,8H2,1-2H3. The van der Waals surface area contributed by atoms with Crippen molar-refractivity contribution in [1.29, 1.82) is 0 Å². The predicted molar refractivity (Wildman–Crippen MR) is 86.2 cm³/mol. The fraction of sp³-hybridized carbons (Fsp3) is 0.333. The molecule has 0 unspecified atom stereocenters. The molecule has 0 N–H and O–H groups in total. The Bertz CT molecular complexity index is 800. The average Bonchev–Trinajstić information content (AvgIpc) is 3.02. The van der Waals surface area contributed by atoms with E-state index in [2.05, 4.69) is 21.9 Å². The van der Waals surface area contributed by atoms with E-state index in [1.165, 1.54) is 29.5 Å². The Morgan fingerprint density at radius 2 is 2.24 bits per heavy atom. The first-order valence-electron chi connectivity index (χ1n) is 6.30. The molecule has 2 aromatic rings. The van der Waals surface area contributed by atoms with E-state index in [4.69, 9.17) is 0 Å². The molecule has 0 spiro atoms. The number of aromatic nitrogens is 1. The first kappa shape index (κ1) is 14.6. The highest BCUT2D eigenvalue weighted by molar-refractivity contribution is 7.98. The molecule has 112 valence electrons. The quantitative estimate of drug-likeness (QED) is 0.794. The molecule has 0 amide bonds. The van der Waals surface area contributed by atoms with E-state index in [0.717, 1.165) is 27.8 Å². The zero-order chi connectivity index (χ0) is 15.0. The number of fused-ring (bicyclic) bond motifs is 1. The summed E-state index contributed by atoms with van der Waals surface area (Å²) in [6.07, 6.45) is 3.02. The van der Waals surface area contributed by atoms with Crippen molar-refractivity contribution < 1.29 is 8.42 Å². The summed E-state index contributed by atoms with van der Waals surface area (Å²) in [7, 11) is -3.19. The number of hydrogen-bond acceptors (Lipinski definition) is 8. The van der Waals surface area contributed by atoms with Crippen molar-refractivity contribution in [3.05, 3.63) is 18.2 Å². The molecule has 0 atom stereocenters. The van der Waals surface area contributed by atoms with Crippen molar-refractivity contribution in [3.63, 3.8) is 0 Å². The molecule has 3 rings (SSSR count). The third-order valence-corrected chi connectivity index (χ3v) is 6.07. The maximum Gasteiger partial charge on any atom is 0.175 e. The van der Waals surface area contributed by atoms with Crippen molar-refractivity contribution in [3.8, 4) is 0 Å². The van der Waals surface area contributed by atoms with Crippen LogP contribution in [0.15, 0.2) is 32.5 Å². The van der Waals surface area contributed by atoms with Crippen LogP contribution in [0.1, 0.15) is 6.92 Å². The van der Waals surface area contributed by atoms with E-state index >= 15 is 0 Å². The number of hydrazone groups is 1. The monoisotopic (exact) mass is 342 g/mol. The number of rotatable bonds is 4. The fourth-order valence-electron chi connectivity index (χ4n) is 1.84. The minimum Gasteiger partial charge on any atom is -0.341 e. The lowest BCUT2D eigenvalue weighted by Gasteiger charge is -2.14. The van der Waals surface area contributed by atoms with Crippen LogP contribution in [0, 0.1) is 0 Å². The molecule has 1 aromatic carbocycles. The normalized spacial score (nSPS) is 15.3. The molecule has 1 aromatic heterocycles. The van der Waals surface area contributed by atoms with Gasteiger partial charge in [0.2, 0.25) is 0 Å². The Kier molecular flexibility index (Phi) is 3.80. The van der Waals surface area contributed by atoms with Crippen LogP contribution in [0.3, 0.4) is 0 Å². The molecule has 0 bridgehead atoms. The summed E-state index contributed by atoms with van der Waals surface area (Å²) in [6, 6.07) is 5.02. The summed E-state index contributed by atoms with van der Waals surface area (Å²) in [6.45, 7) is 3.72. The molecule has 1 aliphatic heterocycles. The van der Waals surface area contributed by atoms with Crippen LogP contribution in [-0.2, 0) is 9.84 Å². The second kappa shape index (κ2) is 5.47. The van der Waals surface area contributed by atoms with E-state index < -0.39 is 9.84 Å². The third-order valence-electron chi connectivity index (χ3n) is 3.00. The largest absolute Gasteiger partial charge is 0.341 e.